The van der Waals surface area contributed by atoms with Crippen molar-refractivity contribution in [2.45, 2.75) is 51.6 Å². The molecule has 0 bridgehead atoms. The van der Waals surface area contributed by atoms with Crippen LogP contribution in [0.15, 0.2) is 54.6 Å². The zero-order valence-electron chi connectivity index (χ0n) is 19.5. The van der Waals surface area contributed by atoms with Crippen LogP contribution < -0.4 is 15.0 Å². The van der Waals surface area contributed by atoms with Crippen LogP contribution in [0.25, 0.3) is 0 Å². The quantitative estimate of drug-likeness (QED) is 0.465. The number of anilines is 2. The number of nitrogens with zero attached hydrogens (tertiary/aromatic N) is 4. The molecular weight excluding hydrogens is 430 g/mol. The van der Waals surface area contributed by atoms with E-state index in [4.69, 9.17) is 9.47 Å². The minimum atomic E-state index is -0.409. The third-order valence-electron chi connectivity index (χ3n) is 6.51. The Morgan fingerprint density at radius 3 is 2.47 bits per heavy atom. The van der Waals surface area contributed by atoms with Crippen molar-refractivity contribution in [3.05, 3.63) is 66.0 Å². The van der Waals surface area contributed by atoms with E-state index in [1.807, 2.05) is 56.3 Å². The Kier molecular flexibility index (Phi) is 6.29. The fourth-order valence-corrected chi connectivity index (χ4v) is 4.40. The predicted octanol–water partition coefficient (Wildman–Crippen LogP) is 5.66. The number of rotatable bonds is 8. The SMILES string of the molecule is CC[C@H]1COC(=O)N1c1nc(C)nc(NC(c2ccc(Oc3ccccc3)cc2)C2CCC2)n1. The van der Waals surface area contributed by atoms with Crippen molar-refractivity contribution in [2.75, 3.05) is 16.8 Å². The van der Waals surface area contributed by atoms with E-state index in [2.05, 4.69) is 32.4 Å². The predicted molar refractivity (Wildman–Crippen MR) is 129 cm³/mol. The molecule has 2 fully saturated rings. The van der Waals surface area contributed by atoms with E-state index < -0.39 is 6.09 Å². The summed E-state index contributed by atoms with van der Waals surface area (Å²) < 4.78 is 11.2. The molecule has 2 heterocycles. The highest BCUT2D eigenvalue weighted by Crippen LogP contribution is 2.40. The highest BCUT2D eigenvalue weighted by atomic mass is 16.6. The van der Waals surface area contributed by atoms with E-state index >= 15 is 0 Å². The number of carbonyl (C=O) groups is 1. The second-order valence-electron chi connectivity index (χ2n) is 8.81. The molecular formula is C26H29N5O3. The van der Waals surface area contributed by atoms with Crippen molar-refractivity contribution in [1.29, 1.82) is 0 Å². The van der Waals surface area contributed by atoms with Gasteiger partial charge in [0.1, 0.15) is 23.9 Å². The molecule has 0 spiro atoms. The Bertz CT molecular complexity index is 1130. The normalized spacial score (nSPS) is 18.8. The van der Waals surface area contributed by atoms with Crippen LogP contribution in [0.3, 0.4) is 0 Å². The molecule has 2 aromatic carbocycles. The summed E-state index contributed by atoms with van der Waals surface area (Å²) in [5.74, 6) is 3.45. The third kappa shape index (κ3) is 4.66. The highest BCUT2D eigenvalue weighted by Gasteiger charge is 2.36. The van der Waals surface area contributed by atoms with Crippen LogP contribution in [0.1, 0.15) is 50.0 Å². The van der Waals surface area contributed by atoms with Crippen molar-refractivity contribution < 1.29 is 14.3 Å². The van der Waals surface area contributed by atoms with Crippen LogP contribution in [0.2, 0.25) is 0 Å². The van der Waals surface area contributed by atoms with Crippen molar-refractivity contribution in [3.63, 3.8) is 0 Å². The van der Waals surface area contributed by atoms with Crippen molar-refractivity contribution in [3.8, 4) is 11.5 Å². The van der Waals surface area contributed by atoms with Gasteiger partial charge >= 0.3 is 6.09 Å². The molecule has 2 aliphatic rings. The Hall–Kier alpha value is -3.68. The van der Waals surface area contributed by atoms with Crippen molar-refractivity contribution >= 4 is 18.0 Å². The molecule has 1 saturated heterocycles. The van der Waals surface area contributed by atoms with Crippen LogP contribution >= 0.6 is 0 Å². The molecule has 3 aromatic rings. The average molecular weight is 460 g/mol. The minimum absolute atomic E-state index is 0.0571. The maximum absolute atomic E-state index is 12.3. The summed E-state index contributed by atoms with van der Waals surface area (Å²) in [6, 6.07) is 17.9. The first-order valence-corrected chi connectivity index (χ1v) is 11.9. The summed E-state index contributed by atoms with van der Waals surface area (Å²) in [7, 11) is 0. The van der Waals surface area contributed by atoms with Gasteiger partial charge in [-0.25, -0.2) is 9.69 Å². The summed E-state index contributed by atoms with van der Waals surface area (Å²) in [5.41, 5.74) is 1.15. The first kappa shape index (κ1) is 22.1. The standard InChI is InChI=1S/C26H29N5O3/c1-3-20-16-33-26(32)31(20)25-28-17(2)27-24(30-25)29-23(18-8-7-9-18)19-12-14-22(15-13-19)34-21-10-5-4-6-11-21/h4-6,10-15,18,20,23H,3,7-9,16H2,1-2H3,(H,27,28,29,30)/t20-,23?/m0/s1. The van der Waals surface area contributed by atoms with E-state index in [0.29, 0.717) is 30.2 Å². The van der Waals surface area contributed by atoms with Gasteiger partial charge in [0.2, 0.25) is 11.9 Å². The van der Waals surface area contributed by atoms with Gasteiger partial charge in [0.25, 0.3) is 0 Å². The molecule has 2 atom stereocenters. The number of hydrogen-bond donors (Lipinski definition) is 1. The molecule has 1 aliphatic heterocycles. The third-order valence-corrected chi connectivity index (χ3v) is 6.51. The number of aryl methyl sites for hydroxylation is 1. The van der Waals surface area contributed by atoms with Gasteiger partial charge in [0.05, 0.1) is 12.1 Å². The first-order valence-electron chi connectivity index (χ1n) is 11.9. The molecule has 1 N–H and O–H groups in total. The number of ether oxygens (including phenoxy) is 2. The van der Waals surface area contributed by atoms with Gasteiger partial charge in [-0.1, -0.05) is 43.7 Å². The lowest BCUT2D eigenvalue weighted by atomic mass is 9.77. The molecule has 5 rings (SSSR count). The second kappa shape index (κ2) is 9.67. The van der Waals surface area contributed by atoms with Gasteiger partial charge in [-0.3, -0.25) is 0 Å². The molecule has 8 heteroatoms. The number of nitrogens with one attached hydrogen (secondary N) is 1. The smallest absolute Gasteiger partial charge is 0.417 e. The Balaban J connectivity index is 1.38. The van der Waals surface area contributed by atoms with E-state index in [1.165, 1.54) is 11.3 Å². The number of hydrogen-bond acceptors (Lipinski definition) is 7. The molecule has 1 amide bonds. The number of para-hydroxylation sites is 1. The van der Waals surface area contributed by atoms with Gasteiger partial charge in [-0.05, 0) is 61.9 Å². The zero-order valence-corrected chi connectivity index (χ0v) is 19.5. The number of carbonyl (C=O) groups excluding carboxylic acids is 1. The van der Waals surface area contributed by atoms with Gasteiger partial charge < -0.3 is 14.8 Å². The van der Waals surface area contributed by atoms with E-state index in [9.17, 15) is 4.79 Å². The van der Waals surface area contributed by atoms with Crippen molar-refractivity contribution in [2.24, 2.45) is 5.92 Å². The highest BCUT2D eigenvalue weighted by molar-refractivity contribution is 5.88. The molecule has 8 nitrogen and oxygen atoms in total. The largest absolute Gasteiger partial charge is 0.457 e. The number of benzene rings is 2. The van der Waals surface area contributed by atoms with Crippen LogP contribution in [-0.4, -0.2) is 33.7 Å². The lowest BCUT2D eigenvalue weighted by Crippen LogP contribution is -2.35. The maximum atomic E-state index is 12.3. The van der Waals surface area contributed by atoms with Crippen LogP contribution in [0.4, 0.5) is 16.7 Å². The molecule has 0 radical (unpaired) electrons. The number of cyclic esters (lactones) is 1. The van der Waals surface area contributed by atoms with Gasteiger partial charge in [-0.15, -0.1) is 0 Å². The summed E-state index contributed by atoms with van der Waals surface area (Å²) >= 11 is 0. The molecule has 1 unspecified atom stereocenters. The fraction of sp³-hybridized carbons (Fsp3) is 0.385. The minimum Gasteiger partial charge on any atom is -0.457 e. The monoisotopic (exact) mass is 459 g/mol. The van der Waals surface area contributed by atoms with E-state index in [0.717, 1.165) is 36.3 Å². The summed E-state index contributed by atoms with van der Waals surface area (Å²) in [6.07, 6.45) is 3.87. The average Bonchev–Trinajstić information content (AvgIpc) is 3.19. The van der Waals surface area contributed by atoms with E-state index in [-0.39, 0.29) is 12.1 Å². The summed E-state index contributed by atoms with van der Waals surface area (Å²) in [5, 5.41) is 3.54. The lowest BCUT2D eigenvalue weighted by molar-refractivity contribution is 0.178. The Morgan fingerprint density at radius 2 is 1.79 bits per heavy atom. The Morgan fingerprint density at radius 1 is 1.06 bits per heavy atom. The number of amides is 1. The molecule has 1 saturated carbocycles. The Labute approximate surface area is 199 Å². The maximum Gasteiger partial charge on any atom is 0.417 e. The van der Waals surface area contributed by atoms with Crippen LogP contribution in [0.5, 0.6) is 11.5 Å². The van der Waals surface area contributed by atoms with Gasteiger partial charge in [0.15, 0.2) is 0 Å². The summed E-state index contributed by atoms with van der Waals surface area (Å²) in [4.78, 5) is 27.4. The van der Waals surface area contributed by atoms with Crippen molar-refractivity contribution in [1.82, 2.24) is 15.0 Å². The van der Waals surface area contributed by atoms with Gasteiger partial charge in [0, 0.05) is 0 Å². The second-order valence-corrected chi connectivity index (χ2v) is 8.81. The fourth-order valence-electron chi connectivity index (χ4n) is 4.40. The lowest BCUT2D eigenvalue weighted by Gasteiger charge is -2.34. The van der Waals surface area contributed by atoms with Crippen LogP contribution in [0, 0.1) is 12.8 Å². The topological polar surface area (TPSA) is 89.5 Å². The first-order chi connectivity index (χ1) is 16.6. The molecule has 1 aromatic heterocycles. The van der Waals surface area contributed by atoms with Gasteiger partial charge in [-0.2, -0.15) is 15.0 Å². The molecule has 176 valence electrons. The number of aromatic nitrogens is 3. The van der Waals surface area contributed by atoms with E-state index in [1.54, 1.807) is 0 Å². The molecule has 1 aliphatic carbocycles. The zero-order chi connectivity index (χ0) is 23.5. The summed E-state index contributed by atoms with van der Waals surface area (Å²) in [6.45, 7) is 4.18. The van der Waals surface area contributed by atoms with Crippen LogP contribution in [-0.2, 0) is 4.74 Å². The molecule has 34 heavy (non-hydrogen) atoms.